The molecule has 0 radical (unpaired) electrons. The summed E-state index contributed by atoms with van der Waals surface area (Å²) in [6, 6.07) is 20.2. The van der Waals surface area contributed by atoms with Gasteiger partial charge in [0, 0.05) is 23.9 Å². The van der Waals surface area contributed by atoms with Crippen LogP contribution in [0.2, 0.25) is 0 Å². The van der Waals surface area contributed by atoms with Crippen LogP contribution in [0.5, 0.6) is 17.2 Å². The number of rotatable bonds is 6. The first-order valence-corrected chi connectivity index (χ1v) is 10.9. The summed E-state index contributed by atoms with van der Waals surface area (Å²) < 4.78 is 16.4. The van der Waals surface area contributed by atoms with Gasteiger partial charge in [-0.1, -0.05) is 36.4 Å². The van der Waals surface area contributed by atoms with Crippen LogP contribution in [0.4, 0.5) is 11.4 Å². The van der Waals surface area contributed by atoms with Gasteiger partial charge in [-0.05, 0) is 36.2 Å². The number of anilines is 2. The molecule has 7 heteroatoms. The minimum atomic E-state index is -0.444. The second-order valence-corrected chi connectivity index (χ2v) is 7.94. The van der Waals surface area contributed by atoms with Gasteiger partial charge in [0.2, 0.25) is 0 Å². The molecular formula is C27H24N2O5. The molecule has 2 aliphatic rings. The second kappa shape index (κ2) is 8.59. The lowest BCUT2D eigenvalue weighted by atomic mass is 10.0. The van der Waals surface area contributed by atoms with Crippen LogP contribution in [0.1, 0.15) is 11.1 Å². The molecule has 3 aromatic rings. The number of methoxy groups -OCH3 is 3. The highest BCUT2D eigenvalue weighted by Gasteiger charge is 2.45. The van der Waals surface area contributed by atoms with E-state index in [1.54, 1.807) is 37.4 Å². The molecule has 2 amide bonds. The van der Waals surface area contributed by atoms with Crippen LogP contribution in [-0.2, 0) is 16.0 Å². The molecule has 0 unspecified atom stereocenters. The highest BCUT2D eigenvalue weighted by Crippen LogP contribution is 2.44. The minimum absolute atomic E-state index is 0.295. The van der Waals surface area contributed by atoms with Crippen molar-refractivity contribution in [1.29, 1.82) is 0 Å². The Morgan fingerprint density at radius 1 is 0.735 bits per heavy atom. The van der Waals surface area contributed by atoms with Gasteiger partial charge >= 0.3 is 0 Å². The highest BCUT2D eigenvalue weighted by atomic mass is 16.5. The zero-order valence-electron chi connectivity index (χ0n) is 19.2. The van der Waals surface area contributed by atoms with Crippen molar-refractivity contribution in [3.05, 3.63) is 83.6 Å². The highest BCUT2D eigenvalue weighted by molar-refractivity contribution is 6.47. The van der Waals surface area contributed by atoms with E-state index in [2.05, 4.69) is 0 Å². The van der Waals surface area contributed by atoms with Crippen molar-refractivity contribution in [2.75, 3.05) is 37.7 Å². The molecule has 0 aliphatic carbocycles. The van der Waals surface area contributed by atoms with Crippen molar-refractivity contribution in [2.45, 2.75) is 6.42 Å². The third kappa shape index (κ3) is 3.28. The maximum Gasteiger partial charge on any atom is 0.282 e. The fourth-order valence-electron chi connectivity index (χ4n) is 4.62. The molecule has 3 aromatic carbocycles. The summed E-state index contributed by atoms with van der Waals surface area (Å²) in [7, 11) is 4.58. The van der Waals surface area contributed by atoms with Crippen LogP contribution in [0.25, 0.3) is 5.57 Å². The monoisotopic (exact) mass is 456 g/mol. The molecule has 0 spiro atoms. The summed E-state index contributed by atoms with van der Waals surface area (Å²) in [6.07, 6.45) is 0.781. The number of nitrogens with zero attached hydrogens (tertiary/aromatic N) is 2. The van der Waals surface area contributed by atoms with Gasteiger partial charge in [-0.15, -0.1) is 0 Å². The average Bonchev–Trinajstić information content (AvgIpc) is 3.41. The molecule has 2 heterocycles. The normalized spacial score (nSPS) is 15.1. The van der Waals surface area contributed by atoms with E-state index in [9.17, 15) is 9.59 Å². The first kappa shape index (κ1) is 21.6. The number of fused-ring (bicyclic) bond motifs is 1. The molecule has 2 aliphatic heterocycles. The first-order valence-electron chi connectivity index (χ1n) is 10.9. The van der Waals surface area contributed by atoms with Gasteiger partial charge in [0.05, 0.1) is 32.6 Å². The summed E-state index contributed by atoms with van der Waals surface area (Å²) >= 11 is 0. The third-order valence-electron chi connectivity index (χ3n) is 6.22. The molecule has 34 heavy (non-hydrogen) atoms. The third-order valence-corrected chi connectivity index (χ3v) is 6.22. The van der Waals surface area contributed by atoms with Crippen LogP contribution >= 0.6 is 0 Å². The number of imide groups is 1. The van der Waals surface area contributed by atoms with E-state index in [-0.39, 0.29) is 0 Å². The maximum atomic E-state index is 14.0. The number of hydrogen-bond donors (Lipinski definition) is 0. The lowest BCUT2D eigenvalue weighted by molar-refractivity contribution is -0.120. The Bertz CT molecular complexity index is 1330. The number of carbonyl (C=O) groups is 2. The van der Waals surface area contributed by atoms with Crippen molar-refractivity contribution in [1.82, 2.24) is 0 Å². The second-order valence-electron chi connectivity index (χ2n) is 7.94. The molecular weight excluding hydrogens is 432 g/mol. The molecule has 172 valence electrons. The van der Waals surface area contributed by atoms with E-state index in [1.807, 2.05) is 41.3 Å². The summed E-state index contributed by atoms with van der Waals surface area (Å²) in [4.78, 5) is 31.1. The molecule has 7 nitrogen and oxygen atoms in total. The summed E-state index contributed by atoms with van der Waals surface area (Å²) in [5, 5.41) is 0. The maximum absolute atomic E-state index is 14.0. The topological polar surface area (TPSA) is 68.3 Å². The minimum Gasteiger partial charge on any atom is -0.497 e. The number of ether oxygens (including phenoxy) is 3. The Labute approximate surface area is 197 Å². The molecule has 5 rings (SSSR count). The van der Waals surface area contributed by atoms with Gasteiger partial charge in [0.25, 0.3) is 11.8 Å². The fourth-order valence-corrected chi connectivity index (χ4v) is 4.62. The molecule has 0 atom stereocenters. The van der Waals surface area contributed by atoms with Gasteiger partial charge in [0.1, 0.15) is 22.9 Å². The van der Waals surface area contributed by atoms with Crippen LogP contribution in [0.15, 0.2) is 72.4 Å². The number of para-hydroxylation sites is 2. The molecule has 0 fully saturated rings. The van der Waals surface area contributed by atoms with Crippen LogP contribution in [0, 0.1) is 0 Å². The van der Waals surface area contributed by atoms with Crippen LogP contribution in [-0.4, -0.2) is 39.7 Å². The lowest BCUT2D eigenvalue weighted by Gasteiger charge is -2.22. The van der Waals surface area contributed by atoms with Gasteiger partial charge in [-0.2, -0.15) is 0 Å². The van der Waals surface area contributed by atoms with Crippen molar-refractivity contribution in [3.8, 4) is 17.2 Å². The van der Waals surface area contributed by atoms with Crippen molar-refractivity contribution >= 4 is 28.8 Å². The fraction of sp³-hybridized carbons (Fsp3) is 0.185. The zero-order chi connectivity index (χ0) is 23.8. The van der Waals surface area contributed by atoms with Crippen molar-refractivity contribution < 1.29 is 23.8 Å². The van der Waals surface area contributed by atoms with Crippen LogP contribution < -0.4 is 24.0 Å². The molecule has 0 aromatic heterocycles. The number of hydrogen-bond acceptors (Lipinski definition) is 6. The van der Waals surface area contributed by atoms with E-state index in [0.29, 0.717) is 46.3 Å². The lowest BCUT2D eigenvalue weighted by Crippen LogP contribution is -2.35. The molecule has 0 bridgehead atoms. The van der Waals surface area contributed by atoms with E-state index in [0.717, 1.165) is 17.7 Å². The molecule has 0 saturated heterocycles. The Hall–Kier alpha value is -4.26. The van der Waals surface area contributed by atoms with Gasteiger partial charge in [0.15, 0.2) is 0 Å². The summed E-state index contributed by atoms with van der Waals surface area (Å²) in [5.41, 5.74) is 3.56. The summed E-state index contributed by atoms with van der Waals surface area (Å²) in [5.74, 6) is 0.554. The van der Waals surface area contributed by atoms with E-state index in [1.165, 1.54) is 19.1 Å². The van der Waals surface area contributed by atoms with E-state index >= 15 is 0 Å². The quantitative estimate of drug-likeness (QED) is 0.521. The largest absolute Gasteiger partial charge is 0.497 e. The predicted octanol–water partition coefficient (Wildman–Crippen LogP) is 4.06. The van der Waals surface area contributed by atoms with E-state index < -0.39 is 11.8 Å². The van der Waals surface area contributed by atoms with E-state index in [4.69, 9.17) is 14.2 Å². The first-order chi connectivity index (χ1) is 16.6. The van der Waals surface area contributed by atoms with Crippen molar-refractivity contribution in [2.24, 2.45) is 0 Å². The number of benzene rings is 3. The Morgan fingerprint density at radius 2 is 1.47 bits per heavy atom. The van der Waals surface area contributed by atoms with Gasteiger partial charge < -0.3 is 19.1 Å². The summed E-state index contributed by atoms with van der Waals surface area (Å²) in [6.45, 7) is 0.593. The molecule has 0 N–H and O–H groups in total. The van der Waals surface area contributed by atoms with Crippen molar-refractivity contribution in [3.63, 3.8) is 0 Å². The SMILES string of the molecule is COc1ccc(OC)c(N2C(=O)C(c3ccccc3OC)=C(N3CCc4ccccc43)C2=O)c1. The Kier molecular flexibility index (Phi) is 5.45. The van der Waals surface area contributed by atoms with Gasteiger partial charge in [-0.25, -0.2) is 4.90 Å². The number of amides is 2. The van der Waals surface area contributed by atoms with Crippen LogP contribution in [0.3, 0.4) is 0 Å². The predicted molar refractivity (Wildman–Crippen MR) is 129 cm³/mol. The van der Waals surface area contributed by atoms with Gasteiger partial charge in [-0.3, -0.25) is 9.59 Å². The Morgan fingerprint density at radius 3 is 2.24 bits per heavy atom. The zero-order valence-corrected chi connectivity index (χ0v) is 19.2. The smallest absolute Gasteiger partial charge is 0.282 e. The standard InChI is InChI=1S/C27H24N2O5/c1-32-18-12-13-23(34-3)21(16-18)29-26(30)24(19-9-5-7-11-22(19)33-2)25(27(29)31)28-15-14-17-8-4-6-10-20(17)28/h4-13,16H,14-15H2,1-3H3. The number of carbonyl (C=O) groups excluding carboxylic acids is 2. The molecule has 0 saturated carbocycles. The average molecular weight is 456 g/mol. The Balaban J connectivity index is 1.73.